The zero-order valence-electron chi connectivity index (χ0n) is 10.7. The Hall–Kier alpha value is -0.890. The SMILES string of the molecule is Fc1ccc2c(c1)CCC2NC1CC2CCC1C2. The predicted molar refractivity (Wildman–Crippen MR) is 69.8 cm³/mol. The first-order valence-electron chi connectivity index (χ1n) is 7.34. The van der Waals surface area contributed by atoms with Crippen LogP contribution in [0.3, 0.4) is 0 Å². The van der Waals surface area contributed by atoms with Gasteiger partial charge in [-0.25, -0.2) is 4.39 Å². The molecule has 1 aromatic carbocycles. The van der Waals surface area contributed by atoms with E-state index in [1.54, 1.807) is 12.1 Å². The Kier molecular flexibility index (Phi) is 2.47. The molecule has 0 saturated heterocycles. The Balaban J connectivity index is 1.51. The van der Waals surface area contributed by atoms with Crippen LogP contribution >= 0.6 is 0 Å². The van der Waals surface area contributed by atoms with Crippen LogP contribution in [-0.4, -0.2) is 6.04 Å². The van der Waals surface area contributed by atoms with E-state index in [1.165, 1.54) is 36.8 Å². The minimum Gasteiger partial charge on any atom is -0.307 e. The number of hydrogen-bond acceptors (Lipinski definition) is 1. The average Bonchev–Trinajstić information content (AvgIpc) is 3.04. The van der Waals surface area contributed by atoms with Gasteiger partial charge in [0.05, 0.1) is 0 Å². The molecule has 3 aliphatic carbocycles. The standard InChI is InChI=1S/C16H20FN/c17-13-4-5-14-11(9-13)3-6-15(14)18-16-8-10-1-2-12(16)7-10/h4-5,9-10,12,15-16,18H,1-3,6-8H2. The van der Waals surface area contributed by atoms with E-state index in [0.29, 0.717) is 6.04 Å². The number of halogens is 1. The Labute approximate surface area is 108 Å². The second-order valence-corrected chi connectivity index (χ2v) is 6.38. The van der Waals surface area contributed by atoms with E-state index in [-0.39, 0.29) is 5.82 Å². The molecule has 3 aliphatic rings. The van der Waals surface area contributed by atoms with Crippen LogP contribution in [0.5, 0.6) is 0 Å². The summed E-state index contributed by atoms with van der Waals surface area (Å²) < 4.78 is 13.2. The Morgan fingerprint density at radius 1 is 1.11 bits per heavy atom. The molecule has 18 heavy (non-hydrogen) atoms. The minimum absolute atomic E-state index is 0.0886. The molecular formula is C16H20FN. The number of fused-ring (bicyclic) bond motifs is 3. The van der Waals surface area contributed by atoms with Crippen molar-refractivity contribution in [3.05, 3.63) is 35.1 Å². The van der Waals surface area contributed by atoms with Gasteiger partial charge in [-0.1, -0.05) is 12.5 Å². The Morgan fingerprint density at radius 3 is 2.83 bits per heavy atom. The fourth-order valence-electron chi connectivity index (χ4n) is 4.47. The maximum atomic E-state index is 13.2. The van der Waals surface area contributed by atoms with Crippen LogP contribution in [0.25, 0.3) is 0 Å². The molecule has 0 radical (unpaired) electrons. The zero-order valence-corrected chi connectivity index (χ0v) is 10.7. The normalized spacial score (nSPS) is 37.2. The van der Waals surface area contributed by atoms with Gasteiger partial charge >= 0.3 is 0 Å². The van der Waals surface area contributed by atoms with Crippen molar-refractivity contribution < 1.29 is 4.39 Å². The lowest BCUT2D eigenvalue weighted by Gasteiger charge is -2.27. The van der Waals surface area contributed by atoms with E-state index in [0.717, 1.165) is 30.7 Å². The molecule has 4 unspecified atom stereocenters. The maximum Gasteiger partial charge on any atom is 0.123 e. The summed E-state index contributed by atoms with van der Waals surface area (Å²) in [5.74, 6) is 1.82. The van der Waals surface area contributed by atoms with E-state index in [4.69, 9.17) is 0 Å². The summed E-state index contributed by atoms with van der Waals surface area (Å²) >= 11 is 0. The molecule has 1 aromatic rings. The smallest absolute Gasteiger partial charge is 0.123 e. The van der Waals surface area contributed by atoms with E-state index >= 15 is 0 Å². The minimum atomic E-state index is -0.0886. The van der Waals surface area contributed by atoms with Crippen molar-refractivity contribution in [2.24, 2.45) is 11.8 Å². The summed E-state index contributed by atoms with van der Waals surface area (Å²) in [6.45, 7) is 0. The molecule has 0 aromatic heterocycles. The molecule has 0 spiro atoms. The fraction of sp³-hybridized carbons (Fsp3) is 0.625. The monoisotopic (exact) mass is 245 g/mol. The molecule has 96 valence electrons. The lowest BCUT2D eigenvalue weighted by molar-refractivity contribution is 0.318. The molecule has 0 aliphatic heterocycles. The number of nitrogens with one attached hydrogen (secondary N) is 1. The fourth-order valence-corrected chi connectivity index (χ4v) is 4.47. The van der Waals surface area contributed by atoms with Gasteiger partial charge in [-0.15, -0.1) is 0 Å². The molecule has 0 heterocycles. The first kappa shape index (κ1) is 11.0. The van der Waals surface area contributed by atoms with Gasteiger partial charge in [0.25, 0.3) is 0 Å². The van der Waals surface area contributed by atoms with Crippen LogP contribution in [0, 0.1) is 17.7 Å². The second kappa shape index (κ2) is 4.06. The Morgan fingerprint density at radius 2 is 2.06 bits per heavy atom. The van der Waals surface area contributed by atoms with Gasteiger partial charge < -0.3 is 5.32 Å². The van der Waals surface area contributed by atoms with E-state index < -0.39 is 0 Å². The van der Waals surface area contributed by atoms with Crippen LogP contribution < -0.4 is 5.32 Å². The lowest BCUT2D eigenvalue weighted by Crippen LogP contribution is -2.36. The lowest BCUT2D eigenvalue weighted by atomic mass is 9.94. The third-order valence-electron chi connectivity index (χ3n) is 5.34. The highest BCUT2D eigenvalue weighted by Gasteiger charge is 2.40. The predicted octanol–water partition coefficient (Wildman–Crippen LogP) is 3.59. The first-order chi connectivity index (χ1) is 8.79. The summed E-state index contributed by atoms with van der Waals surface area (Å²) in [5.41, 5.74) is 2.56. The maximum absolute atomic E-state index is 13.2. The van der Waals surface area contributed by atoms with Crippen LogP contribution in [0.4, 0.5) is 4.39 Å². The summed E-state index contributed by atoms with van der Waals surface area (Å²) in [6, 6.07) is 6.52. The average molecular weight is 245 g/mol. The van der Waals surface area contributed by atoms with Crippen molar-refractivity contribution in [3.8, 4) is 0 Å². The van der Waals surface area contributed by atoms with Crippen molar-refractivity contribution in [3.63, 3.8) is 0 Å². The highest BCUT2D eigenvalue weighted by molar-refractivity contribution is 5.35. The third kappa shape index (κ3) is 1.70. The molecule has 2 saturated carbocycles. The van der Waals surface area contributed by atoms with Crippen molar-refractivity contribution in [1.82, 2.24) is 5.32 Å². The van der Waals surface area contributed by atoms with Gasteiger partial charge in [-0.3, -0.25) is 0 Å². The largest absolute Gasteiger partial charge is 0.307 e. The number of benzene rings is 1. The van der Waals surface area contributed by atoms with Gasteiger partial charge in [-0.05, 0) is 67.2 Å². The molecule has 2 bridgehead atoms. The van der Waals surface area contributed by atoms with Crippen molar-refractivity contribution >= 4 is 0 Å². The van der Waals surface area contributed by atoms with Gasteiger partial charge in [0.15, 0.2) is 0 Å². The number of aryl methyl sites for hydroxylation is 1. The van der Waals surface area contributed by atoms with Crippen LogP contribution in [0.15, 0.2) is 18.2 Å². The molecule has 2 heteroatoms. The van der Waals surface area contributed by atoms with Gasteiger partial charge in [0, 0.05) is 12.1 Å². The van der Waals surface area contributed by atoms with Crippen molar-refractivity contribution in [2.75, 3.05) is 0 Å². The zero-order chi connectivity index (χ0) is 12.1. The summed E-state index contributed by atoms with van der Waals surface area (Å²) in [7, 11) is 0. The quantitative estimate of drug-likeness (QED) is 0.839. The van der Waals surface area contributed by atoms with Gasteiger partial charge in [0.1, 0.15) is 5.82 Å². The van der Waals surface area contributed by atoms with E-state index in [2.05, 4.69) is 5.32 Å². The highest BCUT2D eigenvalue weighted by Crippen LogP contribution is 2.46. The molecule has 1 nitrogen and oxygen atoms in total. The first-order valence-corrected chi connectivity index (χ1v) is 7.34. The Bertz CT molecular complexity index is 470. The molecule has 4 atom stereocenters. The van der Waals surface area contributed by atoms with Crippen LogP contribution in [0.2, 0.25) is 0 Å². The van der Waals surface area contributed by atoms with Crippen molar-refractivity contribution in [1.29, 1.82) is 0 Å². The summed E-state index contributed by atoms with van der Waals surface area (Å²) in [4.78, 5) is 0. The topological polar surface area (TPSA) is 12.0 Å². The van der Waals surface area contributed by atoms with E-state index in [1.807, 2.05) is 6.07 Å². The number of hydrogen-bond donors (Lipinski definition) is 1. The second-order valence-electron chi connectivity index (χ2n) is 6.38. The number of rotatable bonds is 2. The molecular weight excluding hydrogens is 225 g/mol. The molecule has 0 amide bonds. The van der Waals surface area contributed by atoms with Crippen molar-refractivity contribution in [2.45, 2.75) is 50.6 Å². The summed E-state index contributed by atoms with van der Waals surface area (Å²) in [5, 5.41) is 3.86. The molecule has 2 fully saturated rings. The summed E-state index contributed by atoms with van der Waals surface area (Å²) in [6.07, 6.45) is 7.87. The third-order valence-corrected chi connectivity index (χ3v) is 5.34. The van der Waals surface area contributed by atoms with Gasteiger partial charge in [0.2, 0.25) is 0 Å². The van der Waals surface area contributed by atoms with Gasteiger partial charge in [-0.2, -0.15) is 0 Å². The highest BCUT2D eigenvalue weighted by atomic mass is 19.1. The molecule has 1 N–H and O–H groups in total. The van der Waals surface area contributed by atoms with E-state index in [9.17, 15) is 4.39 Å². The molecule has 4 rings (SSSR count). The van der Waals surface area contributed by atoms with Crippen LogP contribution in [0.1, 0.15) is 49.3 Å². The van der Waals surface area contributed by atoms with Crippen LogP contribution in [-0.2, 0) is 6.42 Å².